The number of carbonyl (C=O) groups is 11. The molecule has 9 N–H and O–H groups in total. The topological polar surface area (TPSA) is 439 Å². The van der Waals surface area contributed by atoms with E-state index in [9.17, 15) is 29.2 Å². The fourth-order valence-corrected chi connectivity index (χ4v) is 15.4. The van der Waals surface area contributed by atoms with Crippen LogP contribution in [0.3, 0.4) is 0 Å². The van der Waals surface area contributed by atoms with E-state index in [1.165, 1.54) is 47.1 Å². The van der Waals surface area contributed by atoms with Crippen molar-refractivity contribution < 1.29 is 81.6 Å². The zero-order chi connectivity index (χ0) is 94.1. The van der Waals surface area contributed by atoms with Crippen LogP contribution in [0.25, 0.3) is 21.5 Å². The zero-order valence-electron chi connectivity index (χ0n) is 76.8. The summed E-state index contributed by atoms with van der Waals surface area (Å²) in [6.45, 7) is 28.1. The van der Waals surface area contributed by atoms with Crippen molar-refractivity contribution >= 4 is 92.8 Å². The number of esters is 1. The number of fused-ring (bicyclic) bond motifs is 2. The summed E-state index contributed by atoms with van der Waals surface area (Å²) in [5, 5.41) is 52.7. The number of likely N-dealkylation sites (tertiary alicyclic amines) is 2. The molecule has 698 valence electrons. The number of hydrogen-bond donors (Lipinski definition) is 8. The molecular weight excluding hydrogens is 1670 g/mol. The standard InChI is InChI=1S/C94H122N18O17.CH4/c1-54(107(18)88(122)128-93(12,13)14)79(113)100-76(90(3,4)5)85(119)109-50-66-46-74(109)83(117)97-71(44-58-28-34-60-24-20-22-26-62(60)40-58)81(115)96-70(78(95)104-124)42-56-30-36-68(37-31-56)125-52-64-48-112(105-102-64)67-47-75(110(51-67)86(120)77(91(6,7)8)101-80(114)55(2)108(19)89(123)129-94(15,16)17)84(118)98-72(45-59-29-35-61-25-21-23-27-63(61)41-59)82(116)99-73(87(121)127-92(9,10)11)43-57-32-38-69(39-33-57)126-53-65-49-111(66)106-103-65;/h20-41,48-49,54-55,66-67,70-77,124H,42-47,50-53H2,1-19H3,(H2,95,104)(H,96,115)(H,97,117)(H,98,118)(H,99,116)(H,100,113)(H,101,114);1H4/t54-,55-,66-,67-,70-,71-,72-,73-,74-,75-,76+,77+;/m0./s1. The minimum absolute atomic E-state index is 0. The van der Waals surface area contributed by atoms with Gasteiger partial charge in [-0.25, -0.2) is 23.7 Å². The average Bonchev–Trinajstić information content (AvgIpc) is 1.62. The van der Waals surface area contributed by atoms with Crippen molar-refractivity contribution in [1.29, 1.82) is 0 Å². The summed E-state index contributed by atoms with van der Waals surface area (Å²) >= 11 is 0. The van der Waals surface area contributed by atoms with Crippen LogP contribution < -0.4 is 47.1 Å². The number of carbonyl (C=O) groups excluding carboxylic acids is 11. The Morgan fingerprint density at radius 2 is 0.869 bits per heavy atom. The van der Waals surface area contributed by atoms with E-state index in [1.54, 1.807) is 165 Å². The molecule has 2 saturated heterocycles. The normalized spacial score (nSPS) is 20.5. The number of oxime groups is 1. The highest BCUT2D eigenvalue weighted by Crippen LogP contribution is 2.35. The van der Waals surface area contributed by atoms with Gasteiger partial charge >= 0.3 is 18.2 Å². The molecule has 6 aromatic carbocycles. The maximum absolute atomic E-state index is 15.7. The van der Waals surface area contributed by atoms with Gasteiger partial charge in [0.15, 0.2) is 5.84 Å². The smallest absolute Gasteiger partial charge is 0.410 e. The van der Waals surface area contributed by atoms with Crippen molar-refractivity contribution in [1.82, 2.24) is 81.5 Å². The van der Waals surface area contributed by atoms with Crippen LogP contribution in [0.4, 0.5) is 9.59 Å². The summed E-state index contributed by atoms with van der Waals surface area (Å²) in [5.41, 5.74) is 4.61. The number of hydrogen-bond acceptors (Lipinski definition) is 22. The largest absolute Gasteiger partial charge is 0.487 e. The van der Waals surface area contributed by atoms with Crippen LogP contribution in [-0.2, 0) is 96.3 Å². The summed E-state index contributed by atoms with van der Waals surface area (Å²) in [4.78, 5) is 169. The maximum Gasteiger partial charge on any atom is 0.410 e. The maximum atomic E-state index is 15.7. The predicted molar refractivity (Wildman–Crippen MR) is 486 cm³/mol. The number of nitrogens with zero attached hydrogens (tertiary/aromatic N) is 11. The van der Waals surface area contributed by atoms with Gasteiger partial charge in [0, 0.05) is 59.3 Å². The average molecular weight is 1790 g/mol. The molecular formula is C95H126N18O17. The Morgan fingerprint density at radius 1 is 0.508 bits per heavy atom. The number of ether oxygens (including phenoxy) is 5. The number of nitrogens with two attached hydrogens (primary N) is 1. The highest BCUT2D eigenvalue weighted by atomic mass is 16.6. The van der Waals surface area contributed by atoms with Gasteiger partial charge in [0.2, 0.25) is 47.3 Å². The SMILES string of the molecule is C.C[C@@H](C(=O)N[C@H](C(=O)N1C[C@@H]2C[C@H]1C(=O)N[C@@H](Cc1ccc3ccccc3c1)C(=O)N[C@H](C(=O)OC(C)(C)C)Cc1ccc(cc1)OCc1cn(nn1)[C@H]1C[C@@H](C(=O)N[C@@H](Cc3ccc4ccccc4c3)C(=O)N[C@H](/C(N)=N/O)Cc3ccc(cc3)OCc3cn2nn3)N(C(=O)[C@@H](NC(=O)[C@H](C)N(C)C(=O)OC(C)(C)C)C(C)(C)C)C1)C(C)(C)C)N(C)C(=O)OC(C)(C)C. The Bertz CT molecular complexity index is 5450. The highest BCUT2D eigenvalue weighted by molar-refractivity contribution is 5.99. The monoisotopic (exact) mass is 1790 g/mol. The molecule has 12 bridgehead atoms. The molecule has 14 rings (SSSR count). The van der Waals surface area contributed by atoms with Gasteiger partial charge in [-0.05, 0) is 161 Å². The van der Waals surface area contributed by atoms with Crippen LogP contribution in [0.15, 0.2) is 151 Å². The molecule has 35 nitrogen and oxygen atoms in total. The van der Waals surface area contributed by atoms with Crippen molar-refractivity contribution in [2.45, 2.75) is 266 Å². The predicted octanol–water partition coefficient (Wildman–Crippen LogP) is 9.14. The van der Waals surface area contributed by atoms with Crippen LogP contribution >= 0.6 is 0 Å². The summed E-state index contributed by atoms with van der Waals surface area (Å²) < 4.78 is 32.7. The Kier molecular flexibility index (Phi) is 31.2. The Labute approximate surface area is 758 Å². The molecule has 0 spiro atoms. The van der Waals surface area contributed by atoms with E-state index in [0.29, 0.717) is 45.1 Å². The number of likely N-dealkylation sites (N-methyl/N-ethyl adjacent to an activating group) is 2. The van der Waals surface area contributed by atoms with E-state index in [2.05, 4.69) is 57.7 Å². The summed E-state index contributed by atoms with van der Waals surface area (Å²) in [7, 11) is 2.81. The van der Waals surface area contributed by atoms with Crippen molar-refractivity contribution in [2.75, 3.05) is 27.2 Å². The third kappa shape index (κ3) is 25.8. The van der Waals surface area contributed by atoms with Gasteiger partial charge in [-0.3, -0.25) is 48.2 Å². The molecule has 12 atom stereocenters. The third-order valence-electron chi connectivity index (χ3n) is 22.7. The lowest BCUT2D eigenvalue weighted by Crippen LogP contribution is -2.61. The molecule has 8 aromatic rings. The minimum Gasteiger partial charge on any atom is -0.487 e. The first-order chi connectivity index (χ1) is 60.5. The summed E-state index contributed by atoms with van der Waals surface area (Å²) in [6, 6.07) is 25.4. The van der Waals surface area contributed by atoms with E-state index < -0.39 is 166 Å². The number of benzene rings is 6. The molecule has 130 heavy (non-hydrogen) atoms. The summed E-state index contributed by atoms with van der Waals surface area (Å²) in [6.07, 6.45) is 1.11. The van der Waals surface area contributed by atoms with Crippen molar-refractivity contribution in [3.8, 4) is 11.5 Å². The van der Waals surface area contributed by atoms with Crippen LogP contribution in [0.1, 0.15) is 184 Å². The zero-order valence-corrected chi connectivity index (χ0v) is 76.8. The molecule has 6 aliphatic heterocycles. The first-order valence-electron chi connectivity index (χ1n) is 43.3. The van der Waals surface area contributed by atoms with Crippen LogP contribution in [0, 0.1) is 10.8 Å². The third-order valence-corrected chi connectivity index (χ3v) is 22.7. The van der Waals surface area contributed by atoms with Gasteiger partial charge in [0.1, 0.15) is 107 Å². The minimum atomic E-state index is -1.42. The molecule has 10 amide bonds. The molecule has 0 saturated carbocycles. The second-order valence-electron chi connectivity index (χ2n) is 38.7. The van der Waals surface area contributed by atoms with Gasteiger partial charge in [0.05, 0.1) is 30.5 Å². The molecule has 8 heterocycles. The fraction of sp³-hybridized carbons (Fsp3) is 0.495. The van der Waals surface area contributed by atoms with Crippen LogP contribution in [-0.4, -0.2) is 230 Å². The van der Waals surface area contributed by atoms with E-state index in [4.69, 9.17) is 29.4 Å². The molecule has 6 aliphatic rings. The summed E-state index contributed by atoms with van der Waals surface area (Å²) in [5.74, 6) is -6.21. The highest BCUT2D eigenvalue weighted by Gasteiger charge is 2.50. The van der Waals surface area contributed by atoms with Gasteiger partial charge in [-0.1, -0.05) is 174 Å². The lowest BCUT2D eigenvalue weighted by molar-refractivity contribution is -0.158. The second kappa shape index (κ2) is 41.0. The Hall–Kier alpha value is -13.2. The molecule has 0 aliphatic carbocycles. The van der Waals surface area contributed by atoms with Crippen molar-refractivity contribution in [3.63, 3.8) is 0 Å². The molecule has 2 aromatic heterocycles. The molecule has 0 unspecified atom stereocenters. The van der Waals surface area contributed by atoms with Crippen molar-refractivity contribution in [2.24, 2.45) is 21.7 Å². The Balaban J connectivity index is 0.0000176. The quantitative estimate of drug-likeness (QED) is 0.0125. The van der Waals surface area contributed by atoms with Crippen LogP contribution in [0.2, 0.25) is 0 Å². The number of nitrogens with one attached hydrogen (secondary N) is 6. The lowest BCUT2D eigenvalue weighted by Gasteiger charge is -2.37. The van der Waals surface area contributed by atoms with Crippen LogP contribution in [0.5, 0.6) is 11.5 Å². The van der Waals surface area contributed by atoms with E-state index in [1.807, 2.05) is 84.9 Å². The number of amides is 10. The molecule has 35 heteroatoms. The van der Waals surface area contributed by atoms with E-state index in [0.717, 1.165) is 31.3 Å². The lowest BCUT2D eigenvalue weighted by atomic mass is 9.85. The fourth-order valence-electron chi connectivity index (χ4n) is 15.4. The van der Waals surface area contributed by atoms with Crippen molar-refractivity contribution in [3.05, 3.63) is 179 Å². The van der Waals surface area contributed by atoms with E-state index >= 15 is 28.8 Å². The molecule has 2 fully saturated rings. The van der Waals surface area contributed by atoms with Gasteiger partial charge in [-0.15, -0.1) is 10.2 Å². The number of amidine groups is 1. The number of rotatable bonds is 14. The number of aromatic nitrogens is 6. The van der Waals surface area contributed by atoms with E-state index in [-0.39, 0.29) is 78.1 Å². The first-order valence-corrected chi connectivity index (χ1v) is 43.3. The van der Waals surface area contributed by atoms with Gasteiger partial charge in [0.25, 0.3) is 0 Å². The van der Waals surface area contributed by atoms with Gasteiger partial charge in [-0.2, -0.15) is 0 Å². The Morgan fingerprint density at radius 3 is 1.23 bits per heavy atom. The first kappa shape index (κ1) is 98.9. The molecule has 0 radical (unpaired) electrons. The van der Waals surface area contributed by atoms with Gasteiger partial charge < -0.3 is 76.3 Å². The second-order valence-corrected chi connectivity index (χ2v) is 38.7.